The average Bonchev–Trinajstić information content (AvgIpc) is 2.23. The number of hydrogen-bond donors (Lipinski definition) is 0. The van der Waals surface area contributed by atoms with Crippen LogP contribution in [-0.2, 0) is 14.6 Å². The van der Waals surface area contributed by atoms with Crippen LogP contribution in [0.3, 0.4) is 0 Å². The van der Waals surface area contributed by atoms with Gasteiger partial charge in [0.25, 0.3) is 0 Å². The van der Waals surface area contributed by atoms with Crippen LogP contribution in [0, 0.1) is 6.92 Å². The Balaban J connectivity index is 3.68. The summed E-state index contributed by atoms with van der Waals surface area (Å²) in [6.07, 6.45) is 0.987. The highest BCUT2D eigenvalue weighted by Crippen LogP contribution is 2.34. The fourth-order valence-electron chi connectivity index (χ4n) is 1.29. The summed E-state index contributed by atoms with van der Waals surface area (Å²) in [5, 5.41) is -0.0469. The van der Waals surface area contributed by atoms with Gasteiger partial charge in [-0.25, -0.2) is 13.2 Å². The summed E-state index contributed by atoms with van der Waals surface area (Å²) in [7, 11) is -2.36. The highest BCUT2D eigenvalue weighted by atomic mass is 35.5. The molecule has 17 heavy (non-hydrogen) atoms. The molecule has 0 aliphatic carbocycles. The molecule has 0 saturated heterocycles. The number of ether oxygens (including phenoxy) is 1. The lowest BCUT2D eigenvalue weighted by molar-refractivity contribution is 0.0599. The molecular weight excluding hydrogens is 287 g/mol. The molecule has 0 amide bonds. The molecule has 7 heteroatoms. The van der Waals surface area contributed by atoms with Gasteiger partial charge in [0.1, 0.15) is 0 Å². The summed E-state index contributed by atoms with van der Waals surface area (Å²) >= 11 is 11.7. The first kappa shape index (κ1) is 14.3. The first-order chi connectivity index (χ1) is 7.70. The lowest BCUT2D eigenvalue weighted by Gasteiger charge is -2.11. The number of halogens is 2. The van der Waals surface area contributed by atoms with Gasteiger partial charge in [-0.3, -0.25) is 0 Å². The monoisotopic (exact) mass is 296 g/mol. The van der Waals surface area contributed by atoms with Gasteiger partial charge in [-0.05, 0) is 18.6 Å². The van der Waals surface area contributed by atoms with Crippen molar-refractivity contribution in [3.63, 3.8) is 0 Å². The molecule has 0 fully saturated rings. The summed E-state index contributed by atoms with van der Waals surface area (Å²) in [5.41, 5.74) is 0.471. The Morgan fingerprint density at radius 2 is 1.82 bits per heavy atom. The fraction of sp³-hybridized carbons (Fsp3) is 0.300. The van der Waals surface area contributed by atoms with Crippen molar-refractivity contribution in [2.45, 2.75) is 11.8 Å². The molecule has 0 spiro atoms. The van der Waals surface area contributed by atoms with Gasteiger partial charge in [-0.1, -0.05) is 23.2 Å². The summed E-state index contributed by atoms with van der Waals surface area (Å²) in [5.74, 6) is -0.661. The molecule has 0 unspecified atom stereocenters. The van der Waals surface area contributed by atoms with Gasteiger partial charge in [0.15, 0.2) is 9.84 Å². The first-order valence-electron chi connectivity index (χ1n) is 4.47. The van der Waals surface area contributed by atoms with E-state index in [0.29, 0.717) is 5.56 Å². The lowest BCUT2D eigenvalue weighted by Crippen LogP contribution is -2.08. The molecule has 0 bridgehead atoms. The second-order valence-corrected chi connectivity index (χ2v) is 6.18. The predicted molar refractivity (Wildman–Crippen MR) is 65.6 cm³/mol. The van der Waals surface area contributed by atoms with Gasteiger partial charge in [0.05, 0.1) is 27.6 Å². The predicted octanol–water partition coefficient (Wildman–Crippen LogP) is 2.49. The second-order valence-electron chi connectivity index (χ2n) is 3.44. The van der Waals surface area contributed by atoms with E-state index in [1.165, 1.54) is 13.2 Å². The summed E-state index contributed by atoms with van der Waals surface area (Å²) < 4.78 is 27.5. The van der Waals surface area contributed by atoms with Crippen LogP contribution >= 0.6 is 23.2 Å². The van der Waals surface area contributed by atoms with Crippen molar-refractivity contribution < 1.29 is 17.9 Å². The molecule has 94 valence electrons. The quantitative estimate of drug-likeness (QED) is 0.787. The van der Waals surface area contributed by atoms with Crippen molar-refractivity contribution in [3.8, 4) is 0 Å². The van der Waals surface area contributed by atoms with Gasteiger partial charge >= 0.3 is 5.97 Å². The zero-order valence-corrected chi connectivity index (χ0v) is 11.7. The molecule has 1 aromatic carbocycles. The molecule has 0 heterocycles. The standard InChI is InChI=1S/C10H10Cl2O4S/c1-5-6(10(13)16-2)4-7(17(3,14)15)9(12)8(5)11/h4H,1-3H3. The van der Waals surface area contributed by atoms with Crippen molar-refractivity contribution in [1.29, 1.82) is 0 Å². The summed E-state index contributed by atoms with van der Waals surface area (Å²) in [6, 6.07) is 1.17. The number of benzene rings is 1. The van der Waals surface area contributed by atoms with Crippen LogP contribution in [0.5, 0.6) is 0 Å². The number of methoxy groups -OCH3 is 1. The lowest BCUT2D eigenvalue weighted by atomic mass is 10.1. The Morgan fingerprint density at radius 3 is 2.24 bits per heavy atom. The minimum absolute atomic E-state index is 0.0370. The second kappa shape index (κ2) is 4.84. The van der Waals surface area contributed by atoms with E-state index in [9.17, 15) is 13.2 Å². The van der Waals surface area contributed by atoms with Crippen LogP contribution < -0.4 is 0 Å². The van der Waals surface area contributed by atoms with E-state index in [4.69, 9.17) is 23.2 Å². The Hall–Kier alpha value is -0.780. The van der Waals surface area contributed by atoms with Crippen LogP contribution in [0.15, 0.2) is 11.0 Å². The maximum Gasteiger partial charge on any atom is 0.338 e. The summed E-state index contributed by atoms with van der Waals surface area (Å²) in [6.45, 7) is 1.56. The molecule has 0 aliphatic heterocycles. The van der Waals surface area contributed by atoms with Crippen LogP contribution in [0.1, 0.15) is 15.9 Å². The van der Waals surface area contributed by atoms with Gasteiger partial charge < -0.3 is 4.74 Å². The minimum atomic E-state index is -3.56. The SMILES string of the molecule is COC(=O)c1cc(S(C)(=O)=O)c(Cl)c(Cl)c1C. The maximum atomic E-state index is 11.5. The molecule has 0 aliphatic rings. The van der Waals surface area contributed by atoms with Crippen molar-refractivity contribution in [3.05, 3.63) is 27.2 Å². The third-order valence-electron chi connectivity index (χ3n) is 2.22. The fourth-order valence-corrected chi connectivity index (χ4v) is 2.92. The molecule has 1 aromatic rings. The third-order valence-corrected chi connectivity index (χ3v) is 4.42. The summed E-state index contributed by atoms with van der Waals surface area (Å²) in [4.78, 5) is 11.3. The highest BCUT2D eigenvalue weighted by molar-refractivity contribution is 7.90. The third kappa shape index (κ3) is 2.73. The van der Waals surface area contributed by atoms with Crippen LogP contribution in [-0.4, -0.2) is 27.8 Å². The number of carbonyl (C=O) groups is 1. The highest BCUT2D eigenvalue weighted by Gasteiger charge is 2.22. The van der Waals surface area contributed by atoms with Crippen molar-refractivity contribution in [2.24, 2.45) is 0 Å². The Bertz CT molecular complexity index is 578. The smallest absolute Gasteiger partial charge is 0.338 e. The van der Waals surface area contributed by atoms with Crippen LogP contribution in [0.4, 0.5) is 0 Å². The van der Waals surface area contributed by atoms with E-state index in [2.05, 4.69) is 4.74 Å². The Morgan fingerprint density at radius 1 is 1.29 bits per heavy atom. The average molecular weight is 297 g/mol. The van der Waals surface area contributed by atoms with E-state index in [1.807, 2.05) is 0 Å². The number of carbonyl (C=O) groups excluding carboxylic acids is 1. The van der Waals surface area contributed by atoms with E-state index in [1.54, 1.807) is 6.92 Å². The van der Waals surface area contributed by atoms with Gasteiger partial charge in [-0.15, -0.1) is 0 Å². The molecule has 0 radical (unpaired) electrons. The molecule has 0 atom stereocenters. The largest absolute Gasteiger partial charge is 0.465 e. The zero-order chi connectivity index (χ0) is 13.4. The van der Waals surface area contributed by atoms with Crippen LogP contribution in [0.25, 0.3) is 0 Å². The van der Waals surface area contributed by atoms with Gasteiger partial charge in [0.2, 0.25) is 0 Å². The zero-order valence-electron chi connectivity index (χ0n) is 9.37. The molecular formula is C10H10Cl2O4S. The topological polar surface area (TPSA) is 60.4 Å². The molecule has 0 saturated carbocycles. The Kier molecular flexibility index (Phi) is 4.06. The van der Waals surface area contributed by atoms with Gasteiger partial charge in [-0.2, -0.15) is 0 Å². The molecule has 1 rings (SSSR count). The van der Waals surface area contributed by atoms with E-state index < -0.39 is 15.8 Å². The number of rotatable bonds is 2. The first-order valence-corrected chi connectivity index (χ1v) is 7.11. The molecule has 0 aromatic heterocycles. The van der Waals surface area contributed by atoms with Crippen molar-refractivity contribution in [1.82, 2.24) is 0 Å². The molecule has 4 nitrogen and oxygen atoms in total. The van der Waals surface area contributed by atoms with E-state index in [0.717, 1.165) is 6.26 Å². The van der Waals surface area contributed by atoms with Crippen molar-refractivity contribution >= 4 is 39.0 Å². The Labute approximate surface area is 109 Å². The van der Waals surface area contributed by atoms with Crippen molar-refractivity contribution in [2.75, 3.05) is 13.4 Å². The van der Waals surface area contributed by atoms with E-state index in [-0.39, 0.29) is 20.5 Å². The minimum Gasteiger partial charge on any atom is -0.465 e. The van der Waals surface area contributed by atoms with Crippen LogP contribution in [0.2, 0.25) is 10.0 Å². The molecule has 0 N–H and O–H groups in total. The number of esters is 1. The maximum absolute atomic E-state index is 11.5. The van der Waals surface area contributed by atoms with Gasteiger partial charge in [0, 0.05) is 6.26 Å². The normalized spacial score (nSPS) is 11.4. The number of hydrogen-bond acceptors (Lipinski definition) is 4. The van der Waals surface area contributed by atoms with E-state index >= 15 is 0 Å². The number of sulfone groups is 1.